The van der Waals surface area contributed by atoms with Crippen molar-refractivity contribution < 1.29 is 23.6 Å². The summed E-state index contributed by atoms with van der Waals surface area (Å²) in [6.07, 6.45) is 4.94. The lowest BCUT2D eigenvalue weighted by Crippen LogP contribution is -2.48. The summed E-state index contributed by atoms with van der Waals surface area (Å²) < 4.78 is 13.8. The van der Waals surface area contributed by atoms with E-state index in [1.54, 1.807) is 13.0 Å². The molecule has 2 atom stereocenters. The van der Waals surface area contributed by atoms with Crippen molar-refractivity contribution in [1.29, 1.82) is 0 Å². The molecule has 4 rings (SSSR count). The van der Waals surface area contributed by atoms with Crippen molar-refractivity contribution >= 4 is 34.4 Å². The fourth-order valence-corrected chi connectivity index (χ4v) is 3.77. The Morgan fingerprint density at radius 2 is 1.94 bits per heavy atom. The zero-order chi connectivity index (χ0) is 24.7. The standard InChI is InChI=1S/C21H25FN4O4.C4H8/c1-2-17(27)15(10-13-6-4-8-23-20(13)29)25-18(28)11-24-21(30)16-9-12-5-3-7-14(22)19(12)26-16;1-4-2-3-4/h3,5,7,9,13,15,26H,2,4,6,8,10-11H2,1H3,(H,23,29)(H,24,30)(H,25,28);4H,2-3H2,1H3/t13?,15-;/m0./s1. The Bertz CT molecular complexity index is 1050. The van der Waals surface area contributed by atoms with E-state index in [1.165, 1.54) is 31.0 Å². The molecule has 8 nitrogen and oxygen atoms in total. The number of carbonyl (C=O) groups is 4. The van der Waals surface area contributed by atoms with Gasteiger partial charge in [0.05, 0.1) is 18.1 Å². The Balaban J connectivity index is 0.000000732. The Kier molecular flexibility index (Phi) is 8.79. The molecule has 2 fully saturated rings. The molecule has 2 aromatic rings. The number of para-hydroxylation sites is 1. The second kappa shape index (κ2) is 11.8. The number of ketones is 1. The van der Waals surface area contributed by atoms with Crippen molar-refractivity contribution in [2.75, 3.05) is 13.1 Å². The largest absolute Gasteiger partial charge is 0.356 e. The molecule has 4 N–H and O–H groups in total. The summed E-state index contributed by atoms with van der Waals surface area (Å²) in [5.74, 6) is -1.09. The number of fused-ring (bicyclic) bond motifs is 1. The van der Waals surface area contributed by atoms with Crippen LogP contribution in [0.25, 0.3) is 10.9 Å². The van der Waals surface area contributed by atoms with Crippen LogP contribution in [0.5, 0.6) is 0 Å². The van der Waals surface area contributed by atoms with Gasteiger partial charge in [-0.2, -0.15) is 0 Å². The third-order valence-electron chi connectivity index (χ3n) is 6.12. The van der Waals surface area contributed by atoms with Gasteiger partial charge in [0.25, 0.3) is 5.91 Å². The summed E-state index contributed by atoms with van der Waals surface area (Å²) in [4.78, 5) is 51.5. The minimum atomic E-state index is -0.782. The van der Waals surface area contributed by atoms with E-state index in [0.29, 0.717) is 18.4 Å². The summed E-state index contributed by atoms with van der Waals surface area (Å²) in [5.41, 5.74) is 0.342. The van der Waals surface area contributed by atoms with Crippen molar-refractivity contribution in [3.63, 3.8) is 0 Å². The highest BCUT2D eigenvalue weighted by molar-refractivity contribution is 6.00. The third-order valence-corrected chi connectivity index (χ3v) is 6.12. The van der Waals surface area contributed by atoms with Gasteiger partial charge in [-0.3, -0.25) is 19.2 Å². The van der Waals surface area contributed by atoms with E-state index in [2.05, 4.69) is 27.9 Å². The number of benzene rings is 1. The minimum Gasteiger partial charge on any atom is -0.356 e. The van der Waals surface area contributed by atoms with E-state index < -0.39 is 23.7 Å². The zero-order valence-corrected chi connectivity index (χ0v) is 19.7. The Morgan fingerprint density at radius 1 is 1.21 bits per heavy atom. The van der Waals surface area contributed by atoms with Crippen LogP contribution in [-0.4, -0.2) is 47.6 Å². The first-order chi connectivity index (χ1) is 16.3. The molecule has 34 heavy (non-hydrogen) atoms. The van der Waals surface area contributed by atoms with Gasteiger partial charge in [0.2, 0.25) is 11.8 Å². The Morgan fingerprint density at radius 3 is 2.56 bits per heavy atom. The zero-order valence-electron chi connectivity index (χ0n) is 19.7. The predicted molar refractivity (Wildman–Crippen MR) is 127 cm³/mol. The van der Waals surface area contributed by atoms with Gasteiger partial charge >= 0.3 is 0 Å². The van der Waals surface area contributed by atoms with Crippen molar-refractivity contribution in [3.8, 4) is 0 Å². The average molecular weight is 473 g/mol. The molecule has 3 amide bonds. The van der Waals surface area contributed by atoms with Gasteiger partial charge in [-0.25, -0.2) is 4.39 Å². The molecule has 1 aromatic carbocycles. The second-order valence-corrected chi connectivity index (χ2v) is 9.06. The summed E-state index contributed by atoms with van der Waals surface area (Å²) in [7, 11) is 0. The van der Waals surface area contributed by atoms with Gasteiger partial charge in [-0.05, 0) is 37.3 Å². The maximum atomic E-state index is 13.8. The molecule has 2 heterocycles. The van der Waals surface area contributed by atoms with Crippen LogP contribution in [0.3, 0.4) is 0 Å². The quantitative estimate of drug-likeness (QED) is 0.472. The number of carbonyl (C=O) groups excluding carboxylic acids is 4. The summed E-state index contributed by atoms with van der Waals surface area (Å²) >= 11 is 0. The molecule has 1 saturated heterocycles. The molecule has 0 spiro atoms. The van der Waals surface area contributed by atoms with Crippen LogP contribution in [0.1, 0.15) is 62.9 Å². The molecule has 9 heteroatoms. The van der Waals surface area contributed by atoms with Crippen molar-refractivity contribution in [2.24, 2.45) is 11.8 Å². The molecule has 1 unspecified atom stereocenters. The number of Topliss-reactive ketones (excluding diaryl/α,β-unsaturated/α-hetero) is 1. The molecule has 2 aliphatic rings. The van der Waals surface area contributed by atoms with Crippen molar-refractivity contribution in [2.45, 2.75) is 58.4 Å². The molecular formula is C25H33FN4O4. The van der Waals surface area contributed by atoms with Crippen LogP contribution in [0, 0.1) is 17.7 Å². The van der Waals surface area contributed by atoms with Crippen molar-refractivity contribution in [3.05, 3.63) is 35.8 Å². The fourth-order valence-electron chi connectivity index (χ4n) is 3.77. The van der Waals surface area contributed by atoms with E-state index in [0.717, 1.165) is 12.3 Å². The average Bonchev–Trinajstić information content (AvgIpc) is 3.47. The number of aromatic nitrogens is 1. The molecule has 1 aromatic heterocycles. The Labute approximate surface area is 198 Å². The monoisotopic (exact) mass is 472 g/mol. The molecule has 0 bridgehead atoms. The van der Waals surface area contributed by atoms with E-state index in [1.807, 2.05) is 0 Å². The highest BCUT2D eigenvalue weighted by Gasteiger charge is 2.29. The van der Waals surface area contributed by atoms with Crippen LogP contribution in [-0.2, 0) is 14.4 Å². The second-order valence-electron chi connectivity index (χ2n) is 9.06. The number of amides is 3. The lowest BCUT2D eigenvalue weighted by atomic mass is 9.89. The maximum Gasteiger partial charge on any atom is 0.268 e. The summed E-state index contributed by atoms with van der Waals surface area (Å²) in [6.45, 7) is 4.25. The molecule has 1 aliphatic heterocycles. The first kappa shape index (κ1) is 25.4. The van der Waals surface area contributed by atoms with Crippen LogP contribution >= 0.6 is 0 Å². The van der Waals surface area contributed by atoms with Gasteiger partial charge in [-0.1, -0.05) is 38.8 Å². The molecular weight excluding hydrogens is 439 g/mol. The van der Waals surface area contributed by atoms with Crippen LogP contribution in [0.4, 0.5) is 4.39 Å². The number of nitrogens with one attached hydrogen (secondary N) is 4. The first-order valence-corrected chi connectivity index (χ1v) is 11.9. The predicted octanol–water partition coefficient (Wildman–Crippen LogP) is 2.83. The van der Waals surface area contributed by atoms with Gasteiger partial charge in [-0.15, -0.1) is 0 Å². The SMILES string of the molecule is CC1CC1.CCC(=O)[C@H](CC1CCCNC1=O)NC(=O)CNC(=O)c1cc2cccc(F)c2[nH]1. The third kappa shape index (κ3) is 7.13. The van der Waals surface area contributed by atoms with E-state index in [-0.39, 0.29) is 48.2 Å². The van der Waals surface area contributed by atoms with Crippen LogP contribution in [0.15, 0.2) is 24.3 Å². The number of aromatic amines is 1. The molecule has 1 saturated carbocycles. The van der Waals surface area contributed by atoms with Gasteiger partial charge in [0.1, 0.15) is 11.5 Å². The smallest absolute Gasteiger partial charge is 0.268 e. The molecule has 1 aliphatic carbocycles. The van der Waals surface area contributed by atoms with E-state index in [4.69, 9.17) is 0 Å². The van der Waals surface area contributed by atoms with Gasteiger partial charge < -0.3 is 20.9 Å². The summed E-state index contributed by atoms with van der Waals surface area (Å²) in [5, 5.41) is 8.40. The Hall–Kier alpha value is -3.23. The van der Waals surface area contributed by atoms with E-state index in [9.17, 15) is 23.6 Å². The van der Waals surface area contributed by atoms with Crippen LogP contribution in [0.2, 0.25) is 0 Å². The molecule has 184 valence electrons. The first-order valence-electron chi connectivity index (χ1n) is 11.9. The van der Waals surface area contributed by atoms with Gasteiger partial charge in [0, 0.05) is 24.3 Å². The minimum absolute atomic E-state index is 0.108. The normalized spacial score (nSPS) is 18.3. The number of H-pyrrole nitrogens is 1. The summed E-state index contributed by atoms with van der Waals surface area (Å²) in [6, 6.07) is 5.21. The van der Waals surface area contributed by atoms with E-state index >= 15 is 0 Å². The highest BCUT2D eigenvalue weighted by atomic mass is 19.1. The molecule has 0 radical (unpaired) electrons. The number of piperidine rings is 1. The fraction of sp³-hybridized carbons (Fsp3) is 0.520. The number of hydrogen-bond acceptors (Lipinski definition) is 4. The van der Waals surface area contributed by atoms with Crippen LogP contribution < -0.4 is 16.0 Å². The lowest BCUT2D eigenvalue weighted by Gasteiger charge is -2.26. The lowest BCUT2D eigenvalue weighted by molar-refractivity contribution is -0.130. The number of rotatable bonds is 8. The van der Waals surface area contributed by atoms with Gasteiger partial charge in [0.15, 0.2) is 5.78 Å². The topological polar surface area (TPSA) is 120 Å². The highest BCUT2D eigenvalue weighted by Crippen LogP contribution is 2.26. The van der Waals surface area contributed by atoms with Crippen molar-refractivity contribution in [1.82, 2.24) is 20.9 Å². The maximum absolute atomic E-state index is 13.8. The number of hydrogen-bond donors (Lipinski definition) is 4. The number of halogens is 1.